The van der Waals surface area contributed by atoms with Gasteiger partial charge in [0, 0.05) is 17.8 Å². The number of rotatable bonds is 2. The van der Waals surface area contributed by atoms with Crippen LogP contribution in [0, 0.1) is 0 Å². The number of halogens is 2. The number of hydrogen-bond donors (Lipinski definition) is 1. The van der Waals surface area contributed by atoms with Crippen LogP contribution < -0.4 is 5.73 Å². The van der Waals surface area contributed by atoms with Crippen LogP contribution in [-0.2, 0) is 0 Å². The van der Waals surface area contributed by atoms with E-state index in [1.807, 2.05) is 19.1 Å². The molecule has 0 radical (unpaired) electrons. The molecular weight excluding hydrogens is 195 g/mol. The van der Waals surface area contributed by atoms with Gasteiger partial charge in [-0.25, -0.2) is 4.98 Å². The molecule has 1 atom stereocenters. The molecule has 0 amide bonds. The third kappa shape index (κ3) is 2.63. The average molecular weight is 207 g/mol. The van der Waals surface area contributed by atoms with Gasteiger partial charge < -0.3 is 5.73 Å². The van der Waals surface area contributed by atoms with Crippen molar-refractivity contribution in [2.75, 3.05) is 0 Å². The Bertz CT molecular complexity index is 240. The van der Waals surface area contributed by atoms with Crippen molar-refractivity contribution in [1.82, 2.24) is 4.98 Å². The van der Waals surface area contributed by atoms with Crippen molar-refractivity contribution in [3.63, 3.8) is 0 Å². The molecule has 1 rings (SSSR count). The molecule has 0 aliphatic heterocycles. The Morgan fingerprint density at radius 2 is 2.33 bits per heavy atom. The van der Waals surface area contributed by atoms with Gasteiger partial charge in [-0.15, -0.1) is 12.4 Å². The van der Waals surface area contributed by atoms with Crippen molar-refractivity contribution >= 4 is 24.0 Å². The van der Waals surface area contributed by atoms with Crippen LogP contribution in [0.25, 0.3) is 0 Å². The fraction of sp³-hybridized carbons (Fsp3) is 0.375. The zero-order chi connectivity index (χ0) is 8.27. The Morgan fingerprint density at radius 3 is 2.83 bits per heavy atom. The third-order valence-corrected chi connectivity index (χ3v) is 1.94. The summed E-state index contributed by atoms with van der Waals surface area (Å²) < 4.78 is 0. The van der Waals surface area contributed by atoms with Crippen LogP contribution in [0.2, 0.25) is 5.15 Å². The van der Waals surface area contributed by atoms with Crippen molar-refractivity contribution in [2.24, 2.45) is 5.73 Å². The lowest BCUT2D eigenvalue weighted by atomic mass is 10.1. The van der Waals surface area contributed by atoms with Gasteiger partial charge in [0.05, 0.1) is 0 Å². The van der Waals surface area contributed by atoms with E-state index in [-0.39, 0.29) is 18.4 Å². The number of nitrogens with zero attached hydrogens (tertiary/aromatic N) is 1. The quantitative estimate of drug-likeness (QED) is 0.757. The van der Waals surface area contributed by atoms with Gasteiger partial charge in [0.1, 0.15) is 5.15 Å². The van der Waals surface area contributed by atoms with E-state index in [9.17, 15) is 0 Å². The third-order valence-electron chi connectivity index (χ3n) is 1.63. The first-order valence-corrected chi connectivity index (χ1v) is 3.99. The Hall–Kier alpha value is -0.310. The largest absolute Gasteiger partial charge is 0.324 e. The summed E-state index contributed by atoms with van der Waals surface area (Å²) in [5.41, 5.74) is 6.70. The fourth-order valence-corrected chi connectivity index (χ4v) is 1.15. The second-order valence-corrected chi connectivity index (χ2v) is 2.76. The molecule has 0 aliphatic carbocycles. The number of aromatic nitrogens is 1. The van der Waals surface area contributed by atoms with Crippen LogP contribution in [-0.4, -0.2) is 4.98 Å². The van der Waals surface area contributed by atoms with E-state index in [4.69, 9.17) is 17.3 Å². The topological polar surface area (TPSA) is 38.9 Å². The monoisotopic (exact) mass is 206 g/mol. The predicted molar refractivity (Wildman–Crippen MR) is 53.7 cm³/mol. The Balaban J connectivity index is 0.00000121. The van der Waals surface area contributed by atoms with E-state index in [0.29, 0.717) is 5.15 Å². The van der Waals surface area contributed by atoms with Crippen LogP contribution in [0.1, 0.15) is 24.9 Å². The van der Waals surface area contributed by atoms with E-state index in [0.717, 1.165) is 12.0 Å². The van der Waals surface area contributed by atoms with Crippen LogP contribution in [0.3, 0.4) is 0 Å². The van der Waals surface area contributed by atoms with Gasteiger partial charge in [0.15, 0.2) is 0 Å². The van der Waals surface area contributed by atoms with Crippen molar-refractivity contribution in [1.29, 1.82) is 0 Å². The molecule has 2 nitrogen and oxygen atoms in total. The van der Waals surface area contributed by atoms with Crippen molar-refractivity contribution in [2.45, 2.75) is 19.4 Å². The van der Waals surface area contributed by atoms with Crippen LogP contribution >= 0.6 is 24.0 Å². The highest BCUT2D eigenvalue weighted by Crippen LogP contribution is 2.19. The first-order chi connectivity index (χ1) is 5.25. The van der Waals surface area contributed by atoms with Gasteiger partial charge in [-0.3, -0.25) is 0 Å². The maximum Gasteiger partial charge on any atom is 0.133 e. The second kappa shape index (κ2) is 5.36. The minimum atomic E-state index is 0. The van der Waals surface area contributed by atoms with E-state index in [2.05, 4.69) is 4.98 Å². The van der Waals surface area contributed by atoms with Crippen molar-refractivity contribution in [3.05, 3.63) is 29.0 Å². The van der Waals surface area contributed by atoms with Gasteiger partial charge in [-0.2, -0.15) is 0 Å². The molecule has 0 aromatic carbocycles. The molecule has 12 heavy (non-hydrogen) atoms. The van der Waals surface area contributed by atoms with Gasteiger partial charge >= 0.3 is 0 Å². The molecule has 4 heteroatoms. The lowest BCUT2D eigenvalue weighted by Gasteiger charge is -2.08. The Labute approximate surface area is 83.5 Å². The number of pyridine rings is 1. The summed E-state index contributed by atoms with van der Waals surface area (Å²) >= 11 is 5.81. The molecule has 2 N–H and O–H groups in total. The zero-order valence-corrected chi connectivity index (χ0v) is 8.40. The average Bonchev–Trinajstić information content (AvgIpc) is 2.04. The maximum absolute atomic E-state index is 5.81. The highest BCUT2D eigenvalue weighted by atomic mass is 35.5. The molecule has 0 aliphatic rings. The Kier molecular flexibility index (Phi) is 5.22. The fourth-order valence-electron chi connectivity index (χ4n) is 0.895. The highest BCUT2D eigenvalue weighted by Gasteiger charge is 2.06. The zero-order valence-electron chi connectivity index (χ0n) is 6.83. The highest BCUT2D eigenvalue weighted by molar-refractivity contribution is 6.30. The predicted octanol–water partition coefficient (Wildman–Crippen LogP) is 2.57. The molecule has 1 aromatic rings. The molecule has 0 spiro atoms. The van der Waals surface area contributed by atoms with E-state index < -0.39 is 0 Å². The maximum atomic E-state index is 5.81. The summed E-state index contributed by atoms with van der Waals surface area (Å²) in [6.07, 6.45) is 2.54. The van der Waals surface area contributed by atoms with Gasteiger partial charge in [0.25, 0.3) is 0 Å². The van der Waals surface area contributed by atoms with Crippen LogP contribution in [0.5, 0.6) is 0 Å². The van der Waals surface area contributed by atoms with Crippen LogP contribution in [0.4, 0.5) is 0 Å². The summed E-state index contributed by atoms with van der Waals surface area (Å²) in [6, 6.07) is 3.76. The van der Waals surface area contributed by atoms with Crippen LogP contribution in [0.15, 0.2) is 18.3 Å². The SMILES string of the molecule is CC[C@@H](N)c1cccnc1Cl.Cl. The van der Waals surface area contributed by atoms with Gasteiger partial charge in [-0.1, -0.05) is 24.6 Å². The van der Waals surface area contributed by atoms with E-state index >= 15 is 0 Å². The first-order valence-electron chi connectivity index (χ1n) is 3.61. The summed E-state index contributed by atoms with van der Waals surface area (Å²) in [5.74, 6) is 0. The molecule has 0 unspecified atom stereocenters. The molecular formula is C8H12Cl2N2. The molecule has 0 bridgehead atoms. The number of hydrogen-bond acceptors (Lipinski definition) is 2. The first kappa shape index (κ1) is 11.7. The lowest BCUT2D eigenvalue weighted by molar-refractivity contribution is 0.695. The van der Waals surface area contributed by atoms with Gasteiger partial charge in [0.2, 0.25) is 0 Å². The smallest absolute Gasteiger partial charge is 0.133 e. The molecule has 0 fully saturated rings. The molecule has 68 valence electrons. The van der Waals surface area contributed by atoms with Crippen molar-refractivity contribution < 1.29 is 0 Å². The molecule has 1 aromatic heterocycles. The standard InChI is InChI=1S/C8H11ClN2.ClH/c1-2-7(10)6-4-3-5-11-8(6)9;/h3-5,7H,2,10H2,1H3;1H/t7-;/m1./s1. The Morgan fingerprint density at radius 1 is 1.67 bits per heavy atom. The summed E-state index contributed by atoms with van der Waals surface area (Å²) in [6.45, 7) is 2.02. The second-order valence-electron chi connectivity index (χ2n) is 2.40. The lowest BCUT2D eigenvalue weighted by Crippen LogP contribution is -2.09. The van der Waals surface area contributed by atoms with E-state index in [1.165, 1.54) is 0 Å². The summed E-state index contributed by atoms with van der Waals surface area (Å²) in [5, 5.41) is 0.516. The molecule has 0 saturated carbocycles. The number of nitrogens with two attached hydrogens (primary N) is 1. The minimum Gasteiger partial charge on any atom is -0.324 e. The summed E-state index contributed by atoms with van der Waals surface area (Å²) in [4.78, 5) is 3.93. The van der Waals surface area contributed by atoms with Crippen molar-refractivity contribution in [3.8, 4) is 0 Å². The minimum absolute atomic E-state index is 0. The summed E-state index contributed by atoms with van der Waals surface area (Å²) in [7, 11) is 0. The van der Waals surface area contributed by atoms with Gasteiger partial charge in [-0.05, 0) is 12.5 Å². The normalized spacial score (nSPS) is 11.9. The molecule has 0 saturated heterocycles. The van der Waals surface area contributed by atoms with E-state index in [1.54, 1.807) is 6.20 Å². The molecule has 1 heterocycles.